The molecule has 1 fully saturated rings. The summed E-state index contributed by atoms with van der Waals surface area (Å²) in [5, 5.41) is 13.8. The van der Waals surface area contributed by atoms with Crippen molar-refractivity contribution in [3.8, 4) is 0 Å². The van der Waals surface area contributed by atoms with Gasteiger partial charge in [-0.3, -0.25) is 4.90 Å². The van der Waals surface area contributed by atoms with Crippen LogP contribution in [0.5, 0.6) is 0 Å². The highest BCUT2D eigenvalue weighted by Gasteiger charge is 2.33. The summed E-state index contributed by atoms with van der Waals surface area (Å²) >= 11 is 0. The van der Waals surface area contributed by atoms with Crippen LogP contribution in [-0.2, 0) is 17.8 Å². The Bertz CT molecular complexity index is 389. The maximum atomic E-state index is 10.6. The molecule has 4 nitrogen and oxygen atoms in total. The van der Waals surface area contributed by atoms with Crippen LogP contribution in [0.1, 0.15) is 11.1 Å². The Hall–Kier alpha value is -0.940. The van der Waals surface area contributed by atoms with Gasteiger partial charge in [0.15, 0.2) is 0 Å². The van der Waals surface area contributed by atoms with Gasteiger partial charge in [-0.1, -0.05) is 24.3 Å². The van der Waals surface area contributed by atoms with Gasteiger partial charge in [-0.2, -0.15) is 0 Å². The van der Waals surface area contributed by atoms with E-state index in [2.05, 4.69) is 34.5 Å². The molecule has 0 amide bonds. The standard InChI is InChI=1S/C14H20N2O2/c17-14(9-15-5-6-18-11-14)10-16-7-12-3-1-2-4-13(12)8-16/h1-4,15,17H,5-11H2/t14-/m0/s1. The molecule has 0 radical (unpaired) electrons. The molecule has 1 atom stereocenters. The van der Waals surface area contributed by atoms with Crippen LogP contribution in [0.4, 0.5) is 0 Å². The van der Waals surface area contributed by atoms with Gasteiger partial charge in [0.05, 0.1) is 13.2 Å². The van der Waals surface area contributed by atoms with E-state index in [0.717, 1.165) is 19.6 Å². The van der Waals surface area contributed by atoms with E-state index in [1.807, 2.05) is 0 Å². The summed E-state index contributed by atoms with van der Waals surface area (Å²) < 4.78 is 5.46. The Balaban J connectivity index is 1.64. The van der Waals surface area contributed by atoms with Gasteiger partial charge < -0.3 is 15.2 Å². The molecule has 18 heavy (non-hydrogen) atoms. The average molecular weight is 248 g/mol. The smallest absolute Gasteiger partial charge is 0.113 e. The number of aliphatic hydroxyl groups is 1. The van der Waals surface area contributed by atoms with E-state index in [1.54, 1.807) is 0 Å². The number of fused-ring (bicyclic) bond motifs is 1. The van der Waals surface area contributed by atoms with Crippen LogP contribution in [0.2, 0.25) is 0 Å². The number of nitrogens with zero attached hydrogens (tertiary/aromatic N) is 1. The number of β-amino-alcohol motifs (C(OH)–C–C–N with tert-alkyl or cyclic N) is 1. The topological polar surface area (TPSA) is 44.7 Å². The first kappa shape index (κ1) is 12.1. The quantitative estimate of drug-likeness (QED) is 0.793. The van der Waals surface area contributed by atoms with E-state index in [9.17, 15) is 5.11 Å². The van der Waals surface area contributed by atoms with Crippen LogP contribution >= 0.6 is 0 Å². The predicted molar refractivity (Wildman–Crippen MR) is 69.2 cm³/mol. The molecule has 3 rings (SSSR count). The molecule has 1 aromatic rings. The van der Waals surface area contributed by atoms with E-state index in [4.69, 9.17) is 4.74 Å². The number of benzene rings is 1. The molecule has 0 bridgehead atoms. The molecule has 2 heterocycles. The van der Waals surface area contributed by atoms with Gasteiger partial charge in [0, 0.05) is 32.7 Å². The summed E-state index contributed by atoms with van der Waals surface area (Å²) in [5.74, 6) is 0. The lowest BCUT2D eigenvalue weighted by Crippen LogP contribution is -2.50. The molecule has 0 unspecified atom stereocenters. The number of nitrogens with one attached hydrogen (secondary N) is 1. The fourth-order valence-corrected chi connectivity index (χ4v) is 2.81. The summed E-state index contributed by atoms with van der Waals surface area (Å²) in [4.78, 5) is 2.29. The fourth-order valence-electron chi connectivity index (χ4n) is 2.81. The zero-order chi connectivity index (χ0) is 12.4. The van der Waals surface area contributed by atoms with E-state index >= 15 is 0 Å². The molecule has 1 saturated heterocycles. The third-order valence-electron chi connectivity index (χ3n) is 3.67. The number of hydrogen-bond acceptors (Lipinski definition) is 4. The normalized spacial score (nSPS) is 28.9. The van der Waals surface area contributed by atoms with Gasteiger partial charge in [0.1, 0.15) is 5.60 Å². The average Bonchev–Trinajstić information content (AvgIpc) is 2.63. The van der Waals surface area contributed by atoms with Crippen molar-refractivity contribution in [2.45, 2.75) is 18.7 Å². The SMILES string of the molecule is O[C@]1(CN2Cc3ccccc3C2)CNCCOC1. The predicted octanol–water partition coefficient (Wildman–Crippen LogP) is 0.353. The first-order valence-electron chi connectivity index (χ1n) is 6.55. The highest BCUT2D eigenvalue weighted by atomic mass is 16.5. The van der Waals surface area contributed by atoms with Crippen LogP contribution < -0.4 is 5.32 Å². The molecule has 0 saturated carbocycles. The van der Waals surface area contributed by atoms with E-state index < -0.39 is 5.60 Å². The third-order valence-corrected chi connectivity index (χ3v) is 3.67. The summed E-state index contributed by atoms with van der Waals surface area (Å²) in [5.41, 5.74) is 1.99. The van der Waals surface area contributed by atoms with Crippen molar-refractivity contribution in [3.05, 3.63) is 35.4 Å². The van der Waals surface area contributed by atoms with Crippen molar-refractivity contribution in [3.63, 3.8) is 0 Å². The minimum atomic E-state index is -0.765. The lowest BCUT2D eigenvalue weighted by molar-refractivity contribution is -0.0498. The zero-order valence-corrected chi connectivity index (χ0v) is 10.6. The molecule has 2 N–H and O–H groups in total. The van der Waals surface area contributed by atoms with Crippen molar-refractivity contribution in [2.75, 3.05) is 32.8 Å². The van der Waals surface area contributed by atoms with Gasteiger partial charge in [0.2, 0.25) is 0 Å². The monoisotopic (exact) mass is 248 g/mol. The Morgan fingerprint density at radius 3 is 2.72 bits per heavy atom. The maximum Gasteiger partial charge on any atom is 0.113 e. The minimum Gasteiger partial charge on any atom is -0.385 e. The van der Waals surface area contributed by atoms with Gasteiger partial charge >= 0.3 is 0 Å². The first-order chi connectivity index (χ1) is 8.75. The van der Waals surface area contributed by atoms with E-state index in [-0.39, 0.29) is 0 Å². The molecule has 0 aliphatic carbocycles. The first-order valence-corrected chi connectivity index (χ1v) is 6.55. The second kappa shape index (κ2) is 4.97. The molecule has 98 valence electrons. The van der Waals surface area contributed by atoms with Crippen molar-refractivity contribution < 1.29 is 9.84 Å². The van der Waals surface area contributed by atoms with E-state index in [1.165, 1.54) is 11.1 Å². The van der Waals surface area contributed by atoms with Gasteiger partial charge in [-0.25, -0.2) is 0 Å². The van der Waals surface area contributed by atoms with Crippen molar-refractivity contribution in [1.29, 1.82) is 0 Å². The van der Waals surface area contributed by atoms with Crippen molar-refractivity contribution in [2.24, 2.45) is 0 Å². The number of hydrogen-bond donors (Lipinski definition) is 2. The van der Waals surface area contributed by atoms with Crippen molar-refractivity contribution in [1.82, 2.24) is 10.2 Å². The van der Waals surface area contributed by atoms with Crippen LogP contribution in [0.15, 0.2) is 24.3 Å². The molecule has 2 aliphatic heterocycles. The Kier molecular flexibility index (Phi) is 3.35. The maximum absolute atomic E-state index is 10.6. The van der Waals surface area contributed by atoms with Crippen molar-refractivity contribution >= 4 is 0 Å². The highest BCUT2D eigenvalue weighted by Crippen LogP contribution is 2.24. The van der Waals surface area contributed by atoms with Crippen LogP contribution in [-0.4, -0.2) is 48.5 Å². The number of rotatable bonds is 2. The largest absolute Gasteiger partial charge is 0.385 e. The molecule has 0 aromatic heterocycles. The molecule has 1 aromatic carbocycles. The van der Waals surface area contributed by atoms with E-state index in [0.29, 0.717) is 26.3 Å². The second-order valence-electron chi connectivity index (χ2n) is 5.37. The lowest BCUT2D eigenvalue weighted by atomic mass is 10.1. The van der Waals surface area contributed by atoms with Crippen LogP contribution in [0.25, 0.3) is 0 Å². The third kappa shape index (κ3) is 2.57. The molecule has 0 spiro atoms. The Morgan fingerprint density at radius 2 is 2.00 bits per heavy atom. The van der Waals surface area contributed by atoms with Gasteiger partial charge in [0.25, 0.3) is 0 Å². The minimum absolute atomic E-state index is 0.423. The zero-order valence-electron chi connectivity index (χ0n) is 10.6. The molecular weight excluding hydrogens is 228 g/mol. The second-order valence-corrected chi connectivity index (χ2v) is 5.37. The Labute approximate surface area is 108 Å². The lowest BCUT2D eigenvalue weighted by Gasteiger charge is -2.30. The molecule has 4 heteroatoms. The van der Waals surface area contributed by atoms with Gasteiger partial charge in [-0.05, 0) is 11.1 Å². The summed E-state index contributed by atoms with van der Waals surface area (Å²) in [6.07, 6.45) is 0. The summed E-state index contributed by atoms with van der Waals surface area (Å²) in [6.45, 7) is 5.06. The Morgan fingerprint density at radius 1 is 1.28 bits per heavy atom. The summed E-state index contributed by atoms with van der Waals surface area (Å²) in [6, 6.07) is 8.49. The molecule has 2 aliphatic rings. The van der Waals surface area contributed by atoms with Gasteiger partial charge in [-0.15, -0.1) is 0 Å². The molecular formula is C14H20N2O2. The number of ether oxygens (including phenoxy) is 1. The summed E-state index contributed by atoms with van der Waals surface area (Å²) in [7, 11) is 0. The highest BCUT2D eigenvalue weighted by molar-refractivity contribution is 5.30. The van der Waals surface area contributed by atoms with Crippen LogP contribution in [0.3, 0.4) is 0 Å². The fraction of sp³-hybridized carbons (Fsp3) is 0.571. The van der Waals surface area contributed by atoms with Crippen LogP contribution in [0, 0.1) is 0 Å².